The SMILES string of the molecule is CC/C=C\C/C=C\C/C=C\CCCCCCCC(=O)N[C@H](CCC(N)=O)C(=O)O. The number of amides is 2. The standard InChI is InChI=1S/C23H38N2O4/c1-2-3-4-5-6-7-8-9-10-11-12-13-14-15-16-17-22(27)25-20(23(28)29)18-19-21(24)26/h3-4,6-7,9-10,20H,2,5,8,11-19H2,1H3,(H2,24,26)(H,25,27)(H,28,29)/b4-3-,7-6-,10-9-/t20-/m1/s1. The Balaban J connectivity index is 3.65. The highest BCUT2D eigenvalue weighted by Gasteiger charge is 2.20. The van der Waals surface area contributed by atoms with Crippen molar-refractivity contribution in [3.63, 3.8) is 0 Å². The number of carboxylic acids is 1. The summed E-state index contributed by atoms with van der Waals surface area (Å²) >= 11 is 0. The Morgan fingerprint density at radius 1 is 0.862 bits per heavy atom. The predicted octanol–water partition coefficient (Wildman–Crippen LogP) is 4.41. The largest absolute Gasteiger partial charge is 0.480 e. The third-order valence-electron chi connectivity index (χ3n) is 4.37. The first-order valence-electron chi connectivity index (χ1n) is 10.7. The van der Waals surface area contributed by atoms with Crippen LogP contribution in [0.3, 0.4) is 0 Å². The summed E-state index contributed by atoms with van der Waals surface area (Å²) in [4.78, 5) is 33.7. The number of hydrogen-bond donors (Lipinski definition) is 3. The van der Waals surface area contributed by atoms with Crippen LogP contribution in [0.25, 0.3) is 0 Å². The molecule has 0 fully saturated rings. The summed E-state index contributed by atoms with van der Waals surface area (Å²) in [5.41, 5.74) is 5.02. The van der Waals surface area contributed by atoms with Crippen LogP contribution in [0.2, 0.25) is 0 Å². The maximum atomic E-state index is 11.8. The average Bonchev–Trinajstić information content (AvgIpc) is 2.67. The lowest BCUT2D eigenvalue weighted by Gasteiger charge is -2.13. The second-order valence-corrected chi connectivity index (χ2v) is 7.06. The molecule has 0 aliphatic carbocycles. The number of carboxylic acid groups (broad SMARTS) is 1. The van der Waals surface area contributed by atoms with Gasteiger partial charge in [-0.2, -0.15) is 0 Å². The highest BCUT2D eigenvalue weighted by atomic mass is 16.4. The molecule has 164 valence electrons. The molecule has 6 heteroatoms. The molecule has 0 saturated heterocycles. The van der Waals surface area contributed by atoms with Gasteiger partial charge in [-0.15, -0.1) is 0 Å². The number of hydrogen-bond acceptors (Lipinski definition) is 3. The summed E-state index contributed by atoms with van der Waals surface area (Å²) in [5, 5.41) is 11.5. The summed E-state index contributed by atoms with van der Waals surface area (Å²) in [6, 6.07) is -1.05. The van der Waals surface area contributed by atoms with Crippen molar-refractivity contribution in [3.05, 3.63) is 36.5 Å². The molecule has 0 aromatic carbocycles. The molecule has 0 spiro atoms. The topological polar surface area (TPSA) is 109 Å². The highest BCUT2D eigenvalue weighted by molar-refractivity contribution is 5.84. The van der Waals surface area contributed by atoms with Crippen molar-refractivity contribution < 1.29 is 19.5 Å². The number of nitrogens with two attached hydrogens (primary N) is 1. The minimum absolute atomic E-state index is 0.0234. The summed E-state index contributed by atoms with van der Waals surface area (Å²) in [7, 11) is 0. The van der Waals surface area contributed by atoms with Gasteiger partial charge in [0.25, 0.3) is 0 Å². The van der Waals surface area contributed by atoms with E-state index in [1.807, 2.05) is 0 Å². The van der Waals surface area contributed by atoms with E-state index >= 15 is 0 Å². The Kier molecular flexibility index (Phi) is 17.4. The molecule has 0 aromatic rings. The van der Waals surface area contributed by atoms with E-state index in [2.05, 4.69) is 48.7 Å². The fourth-order valence-corrected chi connectivity index (χ4v) is 2.72. The highest BCUT2D eigenvalue weighted by Crippen LogP contribution is 2.08. The van der Waals surface area contributed by atoms with Gasteiger partial charge in [0.15, 0.2) is 0 Å². The molecule has 0 radical (unpaired) electrons. The lowest BCUT2D eigenvalue weighted by molar-refractivity contribution is -0.142. The van der Waals surface area contributed by atoms with Crippen LogP contribution in [0.15, 0.2) is 36.5 Å². The Labute approximate surface area is 175 Å². The van der Waals surface area contributed by atoms with Crippen molar-refractivity contribution in [2.75, 3.05) is 0 Å². The molecule has 1 atom stereocenters. The predicted molar refractivity (Wildman–Crippen MR) is 117 cm³/mol. The molecule has 0 unspecified atom stereocenters. The van der Waals surface area contributed by atoms with Crippen LogP contribution in [-0.4, -0.2) is 28.9 Å². The third-order valence-corrected chi connectivity index (χ3v) is 4.37. The zero-order chi connectivity index (χ0) is 21.7. The molecule has 0 aliphatic rings. The molecule has 0 bridgehead atoms. The fraction of sp³-hybridized carbons (Fsp3) is 0.609. The van der Waals surface area contributed by atoms with Gasteiger partial charge in [0.2, 0.25) is 11.8 Å². The van der Waals surface area contributed by atoms with E-state index in [4.69, 9.17) is 10.8 Å². The molecule has 0 saturated carbocycles. The van der Waals surface area contributed by atoms with Crippen molar-refractivity contribution in [2.45, 2.75) is 90.0 Å². The number of carbonyl (C=O) groups excluding carboxylic acids is 2. The number of aliphatic carboxylic acids is 1. The molecule has 0 rings (SSSR count). The minimum Gasteiger partial charge on any atom is -0.480 e. The lowest BCUT2D eigenvalue weighted by atomic mass is 10.1. The first-order chi connectivity index (χ1) is 14.0. The van der Waals surface area contributed by atoms with Crippen molar-refractivity contribution >= 4 is 17.8 Å². The van der Waals surface area contributed by atoms with Crippen molar-refractivity contribution in [1.29, 1.82) is 0 Å². The van der Waals surface area contributed by atoms with Crippen molar-refractivity contribution in [3.8, 4) is 0 Å². The molecular weight excluding hydrogens is 368 g/mol. The van der Waals surface area contributed by atoms with Crippen LogP contribution < -0.4 is 11.1 Å². The molecule has 0 aromatic heterocycles. The van der Waals surface area contributed by atoms with Gasteiger partial charge in [-0.1, -0.05) is 62.6 Å². The van der Waals surface area contributed by atoms with Crippen LogP contribution >= 0.6 is 0 Å². The Bertz CT molecular complexity index is 553. The van der Waals surface area contributed by atoms with Crippen molar-refractivity contribution in [1.82, 2.24) is 5.32 Å². The summed E-state index contributed by atoms with van der Waals surface area (Å²) < 4.78 is 0. The smallest absolute Gasteiger partial charge is 0.326 e. The molecule has 2 amide bonds. The van der Waals surface area contributed by atoms with Crippen LogP contribution in [0.5, 0.6) is 0 Å². The van der Waals surface area contributed by atoms with Gasteiger partial charge in [-0.05, 0) is 44.9 Å². The van der Waals surface area contributed by atoms with E-state index in [-0.39, 0.29) is 18.7 Å². The van der Waals surface area contributed by atoms with Gasteiger partial charge in [-0.3, -0.25) is 9.59 Å². The average molecular weight is 407 g/mol. The van der Waals surface area contributed by atoms with E-state index in [0.29, 0.717) is 6.42 Å². The molecule has 4 N–H and O–H groups in total. The number of allylic oxidation sites excluding steroid dienone is 6. The van der Waals surface area contributed by atoms with Crippen LogP contribution in [0, 0.1) is 0 Å². The van der Waals surface area contributed by atoms with Gasteiger partial charge in [0.05, 0.1) is 0 Å². The number of rotatable bonds is 18. The Hall–Kier alpha value is -2.37. The van der Waals surface area contributed by atoms with E-state index in [1.165, 1.54) is 0 Å². The van der Waals surface area contributed by atoms with Crippen LogP contribution in [0.4, 0.5) is 0 Å². The maximum absolute atomic E-state index is 11.8. The summed E-state index contributed by atoms with van der Waals surface area (Å²) in [6.07, 6.45) is 22.6. The first kappa shape index (κ1) is 26.6. The van der Waals surface area contributed by atoms with E-state index in [9.17, 15) is 14.4 Å². The normalized spacial score (nSPS) is 12.7. The maximum Gasteiger partial charge on any atom is 0.326 e. The van der Waals surface area contributed by atoms with Crippen LogP contribution in [-0.2, 0) is 14.4 Å². The molecular formula is C23H38N2O4. The lowest BCUT2D eigenvalue weighted by Crippen LogP contribution is -2.41. The van der Waals surface area contributed by atoms with Gasteiger partial charge in [0, 0.05) is 12.8 Å². The minimum atomic E-state index is -1.14. The van der Waals surface area contributed by atoms with Gasteiger partial charge in [-0.25, -0.2) is 4.79 Å². The molecule has 6 nitrogen and oxygen atoms in total. The summed E-state index contributed by atoms with van der Waals surface area (Å²) in [6.45, 7) is 2.13. The summed E-state index contributed by atoms with van der Waals surface area (Å²) in [5.74, 6) is -2.00. The zero-order valence-electron chi connectivity index (χ0n) is 17.8. The van der Waals surface area contributed by atoms with Gasteiger partial charge >= 0.3 is 5.97 Å². The van der Waals surface area contributed by atoms with Gasteiger partial charge in [0.1, 0.15) is 6.04 Å². The van der Waals surface area contributed by atoms with E-state index in [0.717, 1.165) is 57.8 Å². The second kappa shape index (κ2) is 19.0. The third kappa shape index (κ3) is 18.7. The second-order valence-electron chi connectivity index (χ2n) is 7.06. The molecule has 29 heavy (non-hydrogen) atoms. The first-order valence-corrected chi connectivity index (χ1v) is 10.7. The number of primary amides is 1. The molecule has 0 heterocycles. The Morgan fingerprint density at radius 3 is 2.07 bits per heavy atom. The van der Waals surface area contributed by atoms with Crippen LogP contribution in [0.1, 0.15) is 84.0 Å². The van der Waals surface area contributed by atoms with Gasteiger partial charge < -0.3 is 16.2 Å². The van der Waals surface area contributed by atoms with E-state index in [1.54, 1.807) is 0 Å². The van der Waals surface area contributed by atoms with E-state index < -0.39 is 17.9 Å². The van der Waals surface area contributed by atoms with Crippen molar-refractivity contribution in [2.24, 2.45) is 5.73 Å². The zero-order valence-corrected chi connectivity index (χ0v) is 17.8. The Morgan fingerprint density at radius 2 is 1.45 bits per heavy atom. The quantitative estimate of drug-likeness (QED) is 0.231. The number of nitrogens with one attached hydrogen (secondary N) is 1. The fourth-order valence-electron chi connectivity index (χ4n) is 2.72. The monoisotopic (exact) mass is 406 g/mol. The molecule has 0 aliphatic heterocycles. The number of carbonyl (C=O) groups is 3. The number of unbranched alkanes of at least 4 members (excludes halogenated alkanes) is 5.